The molecule has 2 aromatic rings. The van der Waals surface area contributed by atoms with Crippen molar-refractivity contribution in [1.29, 1.82) is 0 Å². The van der Waals surface area contributed by atoms with Gasteiger partial charge < -0.3 is 10.5 Å². The van der Waals surface area contributed by atoms with Crippen LogP contribution in [0.25, 0.3) is 0 Å². The summed E-state index contributed by atoms with van der Waals surface area (Å²) in [5, 5.41) is 0. The van der Waals surface area contributed by atoms with Gasteiger partial charge in [-0.25, -0.2) is 10.4 Å². The van der Waals surface area contributed by atoms with Crippen molar-refractivity contribution in [2.75, 3.05) is 12.8 Å². The Labute approximate surface area is 118 Å². The van der Waals surface area contributed by atoms with E-state index in [1.165, 1.54) is 0 Å². The van der Waals surface area contributed by atoms with Crippen molar-refractivity contribution in [1.82, 2.24) is 10.4 Å². The Morgan fingerprint density at radius 3 is 2.55 bits per heavy atom. The lowest BCUT2D eigenvalue weighted by Crippen LogP contribution is -2.30. The Balaban J connectivity index is 2.55. The summed E-state index contributed by atoms with van der Waals surface area (Å²) >= 11 is 0. The fraction of sp³-hybridized carbons (Fsp3) is 0.267. The van der Waals surface area contributed by atoms with Crippen LogP contribution in [0.2, 0.25) is 0 Å². The fourth-order valence-electron chi connectivity index (χ4n) is 2.24. The fourth-order valence-corrected chi connectivity index (χ4v) is 2.24. The molecule has 0 aliphatic heterocycles. The highest BCUT2D eigenvalue weighted by Gasteiger charge is 2.20. The molecule has 1 atom stereocenters. The maximum Gasteiger partial charge on any atom is 0.128 e. The molecule has 0 saturated carbocycles. The summed E-state index contributed by atoms with van der Waals surface area (Å²) < 4.78 is 5.44. The molecule has 1 aromatic heterocycles. The Morgan fingerprint density at radius 2 is 1.90 bits per heavy atom. The number of methoxy groups -OCH3 is 1. The summed E-state index contributed by atoms with van der Waals surface area (Å²) in [6.07, 6.45) is 1.73. The van der Waals surface area contributed by atoms with Crippen LogP contribution in [0.15, 0.2) is 30.5 Å². The van der Waals surface area contributed by atoms with Crippen LogP contribution in [-0.4, -0.2) is 12.1 Å². The summed E-state index contributed by atoms with van der Waals surface area (Å²) in [7, 11) is 1.64. The number of hydrazine groups is 1. The zero-order valence-corrected chi connectivity index (χ0v) is 12.0. The second kappa shape index (κ2) is 5.90. The molecule has 1 heterocycles. The topological polar surface area (TPSA) is 86.2 Å². The van der Waals surface area contributed by atoms with Crippen LogP contribution in [0, 0.1) is 13.8 Å². The molecule has 0 amide bonds. The minimum atomic E-state index is -0.266. The van der Waals surface area contributed by atoms with Crippen LogP contribution in [0.4, 0.5) is 5.82 Å². The predicted molar refractivity (Wildman–Crippen MR) is 80.3 cm³/mol. The van der Waals surface area contributed by atoms with Crippen LogP contribution < -0.4 is 21.7 Å². The standard InChI is InChI=1S/C15H20N4O/c1-9-4-5-11(13(7-9)20-3)14(19-17)12-6-10(2)8-18-15(12)16/h4-8,14,19H,17H2,1-3H3,(H2,16,18). The summed E-state index contributed by atoms with van der Waals surface area (Å²) in [6.45, 7) is 3.98. The van der Waals surface area contributed by atoms with E-state index in [-0.39, 0.29) is 6.04 Å². The van der Waals surface area contributed by atoms with Crippen LogP contribution in [0.1, 0.15) is 28.3 Å². The van der Waals surface area contributed by atoms with Gasteiger partial charge in [-0.3, -0.25) is 5.84 Å². The van der Waals surface area contributed by atoms with Crippen molar-refractivity contribution >= 4 is 5.82 Å². The van der Waals surface area contributed by atoms with Crippen LogP contribution in [0.3, 0.4) is 0 Å². The molecule has 1 aromatic carbocycles. The third kappa shape index (κ3) is 2.74. The number of nitrogen functional groups attached to an aromatic ring is 1. The number of benzene rings is 1. The molecular formula is C15H20N4O. The number of ether oxygens (including phenoxy) is 1. The van der Waals surface area contributed by atoms with E-state index in [0.717, 1.165) is 28.0 Å². The van der Waals surface area contributed by atoms with Crippen LogP contribution >= 0.6 is 0 Å². The van der Waals surface area contributed by atoms with Gasteiger partial charge in [0.15, 0.2) is 0 Å². The zero-order valence-electron chi connectivity index (χ0n) is 12.0. The largest absolute Gasteiger partial charge is 0.496 e. The van der Waals surface area contributed by atoms with Crippen molar-refractivity contribution in [3.63, 3.8) is 0 Å². The summed E-state index contributed by atoms with van der Waals surface area (Å²) in [4.78, 5) is 4.19. The van der Waals surface area contributed by atoms with Gasteiger partial charge >= 0.3 is 0 Å². The molecule has 5 N–H and O–H groups in total. The lowest BCUT2D eigenvalue weighted by Gasteiger charge is -2.21. The van der Waals surface area contributed by atoms with Gasteiger partial charge in [0, 0.05) is 17.3 Å². The minimum absolute atomic E-state index is 0.266. The Bertz CT molecular complexity index is 613. The number of nitrogens with one attached hydrogen (secondary N) is 1. The molecule has 0 radical (unpaired) electrons. The minimum Gasteiger partial charge on any atom is -0.496 e. The van der Waals surface area contributed by atoms with Crippen molar-refractivity contribution in [2.45, 2.75) is 19.9 Å². The number of aryl methyl sites for hydroxylation is 2. The molecule has 0 spiro atoms. The van der Waals surface area contributed by atoms with E-state index < -0.39 is 0 Å². The van der Waals surface area contributed by atoms with Crippen LogP contribution in [-0.2, 0) is 0 Å². The molecule has 1 unspecified atom stereocenters. The first-order valence-electron chi connectivity index (χ1n) is 6.39. The zero-order chi connectivity index (χ0) is 14.7. The van der Waals surface area contributed by atoms with Gasteiger partial charge in [-0.1, -0.05) is 12.1 Å². The summed E-state index contributed by atoms with van der Waals surface area (Å²) in [5.74, 6) is 6.96. The lowest BCUT2D eigenvalue weighted by atomic mass is 9.97. The molecule has 0 fully saturated rings. The first-order chi connectivity index (χ1) is 9.56. The van der Waals surface area contributed by atoms with Gasteiger partial charge in [0.25, 0.3) is 0 Å². The first-order valence-corrected chi connectivity index (χ1v) is 6.39. The van der Waals surface area contributed by atoms with Crippen molar-refractivity contribution in [3.05, 3.63) is 52.7 Å². The summed E-state index contributed by atoms with van der Waals surface area (Å²) in [6, 6.07) is 7.69. The van der Waals surface area contributed by atoms with E-state index in [2.05, 4.69) is 10.4 Å². The first kappa shape index (κ1) is 14.3. The van der Waals surface area contributed by atoms with Crippen molar-refractivity contribution < 1.29 is 4.74 Å². The van der Waals surface area contributed by atoms with Crippen molar-refractivity contribution in [3.8, 4) is 5.75 Å². The number of pyridine rings is 1. The van der Waals surface area contributed by atoms with Gasteiger partial charge in [0.2, 0.25) is 0 Å². The molecule has 5 nitrogen and oxygen atoms in total. The number of rotatable bonds is 4. The molecule has 2 rings (SSSR count). The molecular weight excluding hydrogens is 252 g/mol. The normalized spacial score (nSPS) is 12.2. The number of anilines is 1. The third-order valence-corrected chi connectivity index (χ3v) is 3.26. The number of hydrogen-bond acceptors (Lipinski definition) is 5. The molecule has 0 bridgehead atoms. The average molecular weight is 272 g/mol. The van der Waals surface area contributed by atoms with Gasteiger partial charge in [-0.15, -0.1) is 0 Å². The Hall–Kier alpha value is -2.11. The van der Waals surface area contributed by atoms with E-state index >= 15 is 0 Å². The van der Waals surface area contributed by atoms with E-state index in [0.29, 0.717) is 5.82 Å². The third-order valence-electron chi connectivity index (χ3n) is 3.26. The van der Waals surface area contributed by atoms with E-state index in [1.54, 1.807) is 13.3 Å². The molecule has 0 aliphatic carbocycles. The second-order valence-corrected chi connectivity index (χ2v) is 4.83. The van der Waals surface area contributed by atoms with Crippen LogP contribution in [0.5, 0.6) is 5.75 Å². The smallest absolute Gasteiger partial charge is 0.128 e. The van der Waals surface area contributed by atoms with E-state index in [9.17, 15) is 0 Å². The van der Waals surface area contributed by atoms with E-state index in [4.69, 9.17) is 16.3 Å². The molecule has 0 saturated heterocycles. The second-order valence-electron chi connectivity index (χ2n) is 4.83. The number of aromatic nitrogens is 1. The van der Waals surface area contributed by atoms with Gasteiger partial charge in [-0.05, 0) is 37.1 Å². The Kier molecular flexibility index (Phi) is 4.22. The lowest BCUT2D eigenvalue weighted by molar-refractivity contribution is 0.404. The maximum absolute atomic E-state index is 5.98. The highest BCUT2D eigenvalue weighted by molar-refractivity contribution is 5.51. The van der Waals surface area contributed by atoms with E-state index in [1.807, 2.05) is 38.1 Å². The summed E-state index contributed by atoms with van der Waals surface area (Å²) in [5.41, 5.74) is 12.7. The highest BCUT2D eigenvalue weighted by Crippen LogP contribution is 2.32. The number of nitrogens with zero attached hydrogens (tertiary/aromatic N) is 1. The highest BCUT2D eigenvalue weighted by atomic mass is 16.5. The van der Waals surface area contributed by atoms with Gasteiger partial charge in [0.05, 0.1) is 13.2 Å². The van der Waals surface area contributed by atoms with Gasteiger partial charge in [0.1, 0.15) is 11.6 Å². The number of nitrogens with two attached hydrogens (primary N) is 2. The van der Waals surface area contributed by atoms with Crippen molar-refractivity contribution in [2.24, 2.45) is 5.84 Å². The Morgan fingerprint density at radius 1 is 1.15 bits per heavy atom. The maximum atomic E-state index is 5.98. The molecule has 5 heteroatoms. The predicted octanol–water partition coefficient (Wildman–Crippen LogP) is 1.84. The molecule has 20 heavy (non-hydrogen) atoms. The number of hydrogen-bond donors (Lipinski definition) is 3. The monoisotopic (exact) mass is 272 g/mol. The SMILES string of the molecule is COc1cc(C)ccc1C(NN)c1cc(C)cnc1N. The molecule has 106 valence electrons. The quantitative estimate of drug-likeness (QED) is 0.584. The molecule has 0 aliphatic rings. The van der Waals surface area contributed by atoms with Gasteiger partial charge in [-0.2, -0.15) is 0 Å². The average Bonchev–Trinajstić information content (AvgIpc) is 2.44.